The van der Waals surface area contributed by atoms with Crippen molar-refractivity contribution >= 4 is 27.7 Å². The maximum absolute atomic E-state index is 14.0. The fraction of sp³-hybridized carbons (Fsp3) is 0.300. The summed E-state index contributed by atoms with van der Waals surface area (Å²) in [4.78, 5) is 28.7. The summed E-state index contributed by atoms with van der Waals surface area (Å²) in [7, 11) is 3.04. The Hall–Kier alpha value is -2.61. The van der Waals surface area contributed by atoms with Crippen molar-refractivity contribution in [3.05, 3.63) is 57.8 Å². The first-order valence-electron chi connectivity index (χ1n) is 8.70. The average molecular weight is 451 g/mol. The highest BCUT2D eigenvalue weighted by Gasteiger charge is 2.28. The lowest BCUT2D eigenvalue weighted by atomic mass is 10.1. The number of hydrogen-bond acceptors (Lipinski definition) is 4. The highest BCUT2D eigenvalue weighted by Crippen LogP contribution is 2.26. The molecule has 8 heteroatoms. The van der Waals surface area contributed by atoms with Crippen LogP contribution >= 0.6 is 15.9 Å². The van der Waals surface area contributed by atoms with E-state index in [9.17, 15) is 14.0 Å². The predicted molar refractivity (Wildman–Crippen MR) is 105 cm³/mol. The van der Waals surface area contributed by atoms with Gasteiger partial charge in [-0.1, -0.05) is 15.9 Å². The van der Waals surface area contributed by atoms with Gasteiger partial charge in [0.1, 0.15) is 17.3 Å². The van der Waals surface area contributed by atoms with Crippen molar-refractivity contribution in [3.8, 4) is 11.5 Å². The molecule has 1 aliphatic heterocycles. The van der Waals surface area contributed by atoms with Crippen LogP contribution in [-0.4, -0.2) is 62.0 Å². The molecule has 2 amide bonds. The van der Waals surface area contributed by atoms with Gasteiger partial charge < -0.3 is 19.3 Å². The highest BCUT2D eigenvalue weighted by molar-refractivity contribution is 9.10. The number of nitrogens with zero attached hydrogens (tertiary/aromatic N) is 2. The molecule has 1 aliphatic rings. The van der Waals surface area contributed by atoms with Crippen molar-refractivity contribution in [1.82, 2.24) is 9.80 Å². The van der Waals surface area contributed by atoms with Crippen LogP contribution in [0.4, 0.5) is 4.39 Å². The van der Waals surface area contributed by atoms with Crippen molar-refractivity contribution in [2.24, 2.45) is 0 Å². The molecule has 0 atom stereocenters. The van der Waals surface area contributed by atoms with Crippen LogP contribution in [0, 0.1) is 5.82 Å². The van der Waals surface area contributed by atoms with E-state index >= 15 is 0 Å². The molecule has 0 spiro atoms. The van der Waals surface area contributed by atoms with Gasteiger partial charge in [-0.3, -0.25) is 9.59 Å². The number of rotatable bonds is 4. The molecule has 3 rings (SSSR count). The molecule has 0 bridgehead atoms. The molecule has 6 nitrogen and oxygen atoms in total. The molecule has 0 aliphatic carbocycles. The molecule has 1 fully saturated rings. The third kappa shape index (κ3) is 4.11. The summed E-state index contributed by atoms with van der Waals surface area (Å²) >= 11 is 3.26. The smallest absolute Gasteiger partial charge is 0.257 e. The van der Waals surface area contributed by atoms with Crippen molar-refractivity contribution < 1.29 is 23.5 Å². The summed E-state index contributed by atoms with van der Waals surface area (Å²) < 4.78 is 25.1. The molecule has 0 saturated carbocycles. The zero-order valence-corrected chi connectivity index (χ0v) is 17.2. The van der Waals surface area contributed by atoms with Crippen LogP contribution in [0.2, 0.25) is 0 Å². The number of ether oxygens (including phenoxy) is 2. The Labute approximate surface area is 171 Å². The molecule has 0 unspecified atom stereocenters. The van der Waals surface area contributed by atoms with E-state index in [1.807, 2.05) is 0 Å². The summed E-state index contributed by atoms with van der Waals surface area (Å²) in [5.41, 5.74) is 0.451. The van der Waals surface area contributed by atoms with Gasteiger partial charge in [0.15, 0.2) is 0 Å². The maximum Gasteiger partial charge on any atom is 0.257 e. The van der Waals surface area contributed by atoms with Gasteiger partial charge in [-0.25, -0.2) is 4.39 Å². The standard InChI is InChI=1S/C20H20BrFN2O4/c1-27-14-4-5-15(18(12-14)28-2)19(25)23-7-9-24(10-8-23)20(26)16-11-13(21)3-6-17(16)22/h3-6,11-12H,7-10H2,1-2H3. The zero-order valence-electron chi connectivity index (χ0n) is 15.6. The molecule has 2 aromatic carbocycles. The molecule has 2 aromatic rings. The van der Waals surface area contributed by atoms with Crippen LogP contribution in [-0.2, 0) is 0 Å². The Kier molecular flexibility index (Phi) is 6.18. The van der Waals surface area contributed by atoms with E-state index in [1.54, 1.807) is 41.2 Å². The minimum atomic E-state index is -0.560. The third-order valence-electron chi connectivity index (χ3n) is 4.65. The number of piperazine rings is 1. The summed E-state index contributed by atoms with van der Waals surface area (Å²) in [6.45, 7) is 1.37. The lowest BCUT2D eigenvalue weighted by Crippen LogP contribution is -2.50. The minimum Gasteiger partial charge on any atom is -0.497 e. The largest absolute Gasteiger partial charge is 0.497 e. The number of carbonyl (C=O) groups is 2. The second-order valence-electron chi connectivity index (χ2n) is 6.27. The Balaban J connectivity index is 1.69. The molecule has 1 heterocycles. The van der Waals surface area contributed by atoms with E-state index in [1.165, 1.54) is 19.2 Å². The van der Waals surface area contributed by atoms with Gasteiger partial charge in [-0.2, -0.15) is 0 Å². The Bertz CT molecular complexity index is 898. The van der Waals surface area contributed by atoms with Gasteiger partial charge >= 0.3 is 0 Å². The number of benzene rings is 2. The van der Waals surface area contributed by atoms with E-state index in [0.29, 0.717) is 47.7 Å². The zero-order chi connectivity index (χ0) is 20.3. The lowest BCUT2D eigenvalue weighted by Gasteiger charge is -2.35. The molecule has 148 valence electrons. The van der Waals surface area contributed by atoms with Gasteiger partial charge in [0.2, 0.25) is 0 Å². The van der Waals surface area contributed by atoms with Crippen molar-refractivity contribution in [2.75, 3.05) is 40.4 Å². The summed E-state index contributed by atoms with van der Waals surface area (Å²) in [6.07, 6.45) is 0. The van der Waals surface area contributed by atoms with Crippen molar-refractivity contribution in [1.29, 1.82) is 0 Å². The molecule has 0 radical (unpaired) electrons. The SMILES string of the molecule is COc1ccc(C(=O)N2CCN(C(=O)c3cc(Br)ccc3F)CC2)c(OC)c1. The van der Waals surface area contributed by atoms with Crippen molar-refractivity contribution in [3.63, 3.8) is 0 Å². The number of methoxy groups -OCH3 is 2. The van der Waals surface area contributed by atoms with Crippen LogP contribution in [0.3, 0.4) is 0 Å². The van der Waals surface area contributed by atoms with E-state index in [2.05, 4.69) is 15.9 Å². The van der Waals surface area contributed by atoms with E-state index in [4.69, 9.17) is 9.47 Å². The normalized spacial score (nSPS) is 14.0. The van der Waals surface area contributed by atoms with Crippen LogP contribution < -0.4 is 9.47 Å². The maximum atomic E-state index is 14.0. The van der Waals surface area contributed by atoms with Crippen LogP contribution in [0.15, 0.2) is 40.9 Å². The Morgan fingerprint density at radius 3 is 2.07 bits per heavy atom. The van der Waals surface area contributed by atoms with E-state index in [-0.39, 0.29) is 17.4 Å². The Morgan fingerprint density at radius 1 is 0.893 bits per heavy atom. The first kappa shape index (κ1) is 20.1. The summed E-state index contributed by atoms with van der Waals surface area (Å²) in [5, 5.41) is 0. The van der Waals surface area contributed by atoms with Crippen molar-refractivity contribution in [2.45, 2.75) is 0 Å². The number of halogens is 2. The molecular weight excluding hydrogens is 431 g/mol. The molecule has 0 N–H and O–H groups in total. The molecule has 28 heavy (non-hydrogen) atoms. The third-order valence-corrected chi connectivity index (χ3v) is 5.15. The predicted octanol–water partition coefficient (Wildman–Crippen LogP) is 3.20. The van der Waals surface area contributed by atoms with Gasteiger partial charge in [0, 0.05) is 36.7 Å². The number of amides is 2. The van der Waals surface area contributed by atoms with Crippen LogP contribution in [0.1, 0.15) is 20.7 Å². The van der Waals surface area contributed by atoms with E-state index < -0.39 is 5.82 Å². The highest BCUT2D eigenvalue weighted by atomic mass is 79.9. The van der Waals surface area contributed by atoms with Crippen LogP contribution in [0.25, 0.3) is 0 Å². The van der Waals surface area contributed by atoms with Gasteiger partial charge in [0.25, 0.3) is 11.8 Å². The van der Waals surface area contributed by atoms with Gasteiger partial charge in [-0.15, -0.1) is 0 Å². The van der Waals surface area contributed by atoms with Gasteiger partial charge in [-0.05, 0) is 30.3 Å². The fourth-order valence-electron chi connectivity index (χ4n) is 3.09. The van der Waals surface area contributed by atoms with Gasteiger partial charge in [0.05, 0.1) is 25.3 Å². The minimum absolute atomic E-state index is 0.0194. The quantitative estimate of drug-likeness (QED) is 0.717. The first-order valence-corrected chi connectivity index (χ1v) is 9.49. The number of carbonyl (C=O) groups excluding carboxylic acids is 2. The lowest BCUT2D eigenvalue weighted by molar-refractivity contribution is 0.0531. The monoisotopic (exact) mass is 450 g/mol. The summed E-state index contributed by atoms with van der Waals surface area (Å²) in [5.74, 6) is -0.0956. The fourth-order valence-corrected chi connectivity index (χ4v) is 3.45. The average Bonchev–Trinajstić information content (AvgIpc) is 2.74. The van der Waals surface area contributed by atoms with E-state index in [0.717, 1.165) is 0 Å². The second kappa shape index (κ2) is 8.60. The van der Waals surface area contributed by atoms with Crippen LogP contribution in [0.5, 0.6) is 11.5 Å². The molecular formula is C20H20BrFN2O4. The number of hydrogen-bond donors (Lipinski definition) is 0. The topological polar surface area (TPSA) is 59.1 Å². The molecule has 0 aromatic heterocycles. The summed E-state index contributed by atoms with van der Waals surface area (Å²) in [6, 6.07) is 9.29. The Morgan fingerprint density at radius 2 is 1.50 bits per heavy atom. The first-order chi connectivity index (χ1) is 13.4. The molecule has 1 saturated heterocycles. The second-order valence-corrected chi connectivity index (χ2v) is 7.19.